The zero-order valence-corrected chi connectivity index (χ0v) is 11.3. The average molecular weight is 256 g/mol. The largest absolute Gasteiger partial charge is 0.377 e. The number of hydrogen-bond acceptors (Lipinski definition) is 4. The molecule has 1 N–H and O–H groups in total. The van der Waals surface area contributed by atoms with Gasteiger partial charge in [-0.1, -0.05) is 13.3 Å². The fourth-order valence-corrected chi connectivity index (χ4v) is 1.80. The minimum Gasteiger partial charge on any atom is -0.377 e. The molecular weight excluding hydrogens is 236 g/mol. The number of nitrogens with one attached hydrogen (secondary N) is 1. The molecule has 1 saturated heterocycles. The average Bonchev–Trinajstić information content (AvgIpc) is 2.30. The van der Waals surface area contributed by atoms with Crippen LogP contribution >= 0.6 is 0 Å². The predicted octanol–water partition coefficient (Wildman–Crippen LogP) is 0.906. The summed E-state index contributed by atoms with van der Waals surface area (Å²) in [5.41, 5.74) is -0.635. The zero-order valence-electron chi connectivity index (χ0n) is 11.3. The minimum absolute atomic E-state index is 0.127. The van der Waals surface area contributed by atoms with E-state index in [1.165, 1.54) is 7.11 Å². The smallest absolute Gasteiger partial charge is 0.330 e. The van der Waals surface area contributed by atoms with Gasteiger partial charge in [-0.2, -0.15) is 0 Å². The Balaban J connectivity index is 2.87. The summed E-state index contributed by atoms with van der Waals surface area (Å²) in [4.78, 5) is 36.4. The van der Waals surface area contributed by atoms with Crippen LogP contribution in [0, 0.1) is 5.92 Å². The van der Waals surface area contributed by atoms with E-state index >= 15 is 0 Å². The van der Waals surface area contributed by atoms with Crippen LogP contribution in [0.1, 0.15) is 33.6 Å². The molecule has 1 heterocycles. The summed E-state index contributed by atoms with van der Waals surface area (Å²) in [7, 11) is 1.51. The second kappa shape index (κ2) is 5.48. The van der Waals surface area contributed by atoms with Crippen LogP contribution in [0.3, 0.4) is 0 Å². The normalized spacial score (nSPS) is 21.2. The Bertz CT molecular complexity index is 365. The van der Waals surface area contributed by atoms with Crippen molar-refractivity contribution in [3.8, 4) is 0 Å². The quantitative estimate of drug-likeness (QED) is 0.742. The Morgan fingerprint density at radius 2 is 1.94 bits per heavy atom. The van der Waals surface area contributed by atoms with Gasteiger partial charge in [-0.15, -0.1) is 0 Å². The van der Waals surface area contributed by atoms with Gasteiger partial charge in [-0.25, -0.2) is 4.79 Å². The van der Waals surface area contributed by atoms with E-state index in [0.29, 0.717) is 12.8 Å². The predicted molar refractivity (Wildman–Crippen MR) is 64.7 cm³/mol. The van der Waals surface area contributed by atoms with Crippen LogP contribution < -0.4 is 5.32 Å². The number of carbonyl (C=O) groups is 3. The molecule has 0 aromatic heterocycles. The third kappa shape index (κ3) is 3.07. The van der Waals surface area contributed by atoms with Gasteiger partial charge in [0.05, 0.1) is 12.1 Å². The van der Waals surface area contributed by atoms with Gasteiger partial charge in [0, 0.05) is 7.11 Å². The van der Waals surface area contributed by atoms with Crippen molar-refractivity contribution in [1.29, 1.82) is 0 Å². The first-order valence-corrected chi connectivity index (χ1v) is 6.03. The molecule has 6 heteroatoms. The fourth-order valence-electron chi connectivity index (χ4n) is 1.80. The molecule has 0 aromatic carbocycles. The molecular formula is C12H20N2O4. The van der Waals surface area contributed by atoms with Gasteiger partial charge >= 0.3 is 6.03 Å². The molecule has 0 aromatic rings. The van der Waals surface area contributed by atoms with Crippen molar-refractivity contribution in [3.63, 3.8) is 0 Å². The first-order chi connectivity index (χ1) is 8.32. The molecule has 1 rings (SSSR count). The third-order valence-electron chi connectivity index (χ3n) is 3.02. The maximum absolute atomic E-state index is 12.1. The molecule has 18 heavy (non-hydrogen) atoms. The first kappa shape index (κ1) is 14.6. The number of nitrogens with zero attached hydrogens (tertiary/aromatic N) is 1. The number of urea groups is 1. The summed E-state index contributed by atoms with van der Waals surface area (Å²) >= 11 is 0. The van der Waals surface area contributed by atoms with Crippen LogP contribution in [0.4, 0.5) is 4.79 Å². The molecule has 6 nitrogen and oxygen atoms in total. The van der Waals surface area contributed by atoms with Gasteiger partial charge in [0.1, 0.15) is 5.92 Å². The number of imide groups is 2. The number of barbiturate groups is 1. The minimum atomic E-state index is -0.764. The van der Waals surface area contributed by atoms with Gasteiger partial charge in [-0.3, -0.25) is 19.8 Å². The SMILES string of the molecule is CCCC1C(=O)NC(=O)N(CC(C)(C)OC)C1=O. The molecule has 0 aliphatic carbocycles. The summed E-state index contributed by atoms with van der Waals surface area (Å²) < 4.78 is 5.20. The topological polar surface area (TPSA) is 75.7 Å². The number of hydrogen-bond donors (Lipinski definition) is 1. The summed E-state index contributed by atoms with van der Waals surface area (Å²) in [5, 5.41) is 2.21. The van der Waals surface area contributed by atoms with E-state index in [2.05, 4.69) is 5.32 Å². The lowest BCUT2D eigenvalue weighted by Crippen LogP contribution is -2.60. The van der Waals surface area contributed by atoms with Crippen molar-refractivity contribution in [2.75, 3.05) is 13.7 Å². The number of rotatable bonds is 5. The highest BCUT2D eigenvalue weighted by atomic mass is 16.5. The maximum atomic E-state index is 12.1. The summed E-state index contributed by atoms with van der Waals surface area (Å²) in [6, 6.07) is -0.664. The Morgan fingerprint density at radius 3 is 2.44 bits per heavy atom. The lowest BCUT2D eigenvalue weighted by atomic mass is 9.98. The number of ether oxygens (including phenoxy) is 1. The summed E-state index contributed by atoms with van der Waals surface area (Å²) in [5.74, 6) is -1.70. The van der Waals surface area contributed by atoms with Crippen molar-refractivity contribution in [2.45, 2.75) is 39.2 Å². The van der Waals surface area contributed by atoms with Gasteiger partial charge in [-0.05, 0) is 20.3 Å². The molecule has 0 saturated carbocycles. The van der Waals surface area contributed by atoms with E-state index in [1.807, 2.05) is 6.92 Å². The van der Waals surface area contributed by atoms with Gasteiger partial charge in [0.15, 0.2) is 0 Å². The summed E-state index contributed by atoms with van der Waals surface area (Å²) in [6.45, 7) is 5.57. The number of carbonyl (C=O) groups excluding carboxylic acids is 3. The van der Waals surface area contributed by atoms with Crippen LogP contribution in [-0.4, -0.2) is 42.0 Å². The Hall–Kier alpha value is -1.43. The second-order valence-corrected chi connectivity index (χ2v) is 5.02. The molecule has 102 valence electrons. The molecule has 0 radical (unpaired) electrons. The van der Waals surface area contributed by atoms with Crippen LogP contribution in [0.2, 0.25) is 0 Å². The standard InChI is InChI=1S/C12H20N2O4/c1-5-6-8-9(15)13-11(17)14(10(8)16)7-12(2,3)18-4/h8H,5-7H2,1-4H3,(H,13,15,17). The lowest BCUT2D eigenvalue weighted by Gasteiger charge is -2.35. The second-order valence-electron chi connectivity index (χ2n) is 5.02. The molecule has 0 bridgehead atoms. The first-order valence-electron chi connectivity index (χ1n) is 6.03. The monoisotopic (exact) mass is 256 g/mol. The molecule has 4 amide bonds. The Kier molecular flexibility index (Phi) is 4.45. The van der Waals surface area contributed by atoms with E-state index < -0.39 is 29.4 Å². The molecule has 1 aliphatic rings. The molecule has 1 fully saturated rings. The highest BCUT2D eigenvalue weighted by Gasteiger charge is 2.41. The van der Waals surface area contributed by atoms with Crippen molar-refractivity contribution in [1.82, 2.24) is 10.2 Å². The highest BCUT2D eigenvalue weighted by molar-refractivity contribution is 6.16. The van der Waals surface area contributed by atoms with Crippen molar-refractivity contribution < 1.29 is 19.1 Å². The van der Waals surface area contributed by atoms with Crippen molar-refractivity contribution >= 4 is 17.8 Å². The summed E-state index contributed by atoms with van der Waals surface area (Å²) in [6.07, 6.45) is 1.15. The number of amides is 4. The van der Waals surface area contributed by atoms with E-state index in [-0.39, 0.29) is 6.54 Å². The van der Waals surface area contributed by atoms with Gasteiger partial charge in [0.25, 0.3) is 0 Å². The Labute approximate surface area is 107 Å². The van der Waals surface area contributed by atoms with Crippen molar-refractivity contribution in [2.24, 2.45) is 5.92 Å². The molecule has 0 spiro atoms. The maximum Gasteiger partial charge on any atom is 0.330 e. The van der Waals surface area contributed by atoms with E-state index in [9.17, 15) is 14.4 Å². The Morgan fingerprint density at radius 1 is 1.33 bits per heavy atom. The molecule has 1 aliphatic heterocycles. The lowest BCUT2D eigenvalue weighted by molar-refractivity contribution is -0.145. The van der Waals surface area contributed by atoms with Crippen LogP contribution in [0.15, 0.2) is 0 Å². The van der Waals surface area contributed by atoms with Gasteiger partial charge < -0.3 is 4.74 Å². The van der Waals surface area contributed by atoms with E-state index in [1.54, 1.807) is 13.8 Å². The highest BCUT2D eigenvalue weighted by Crippen LogP contribution is 2.19. The fraction of sp³-hybridized carbons (Fsp3) is 0.750. The molecule has 1 atom stereocenters. The van der Waals surface area contributed by atoms with E-state index in [4.69, 9.17) is 4.74 Å². The van der Waals surface area contributed by atoms with Crippen LogP contribution in [0.5, 0.6) is 0 Å². The van der Waals surface area contributed by atoms with Crippen LogP contribution in [-0.2, 0) is 14.3 Å². The molecule has 1 unspecified atom stereocenters. The number of methoxy groups -OCH3 is 1. The van der Waals surface area contributed by atoms with Crippen LogP contribution in [0.25, 0.3) is 0 Å². The third-order valence-corrected chi connectivity index (χ3v) is 3.02. The van der Waals surface area contributed by atoms with Crippen molar-refractivity contribution in [3.05, 3.63) is 0 Å². The van der Waals surface area contributed by atoms with E-state index in [0.717, 1.165) is 4.90 Å². The zero-order chi connectivity index (χ0) is 13.9. The van der Waals surface area contributed by atoms with Gasteiger partial charge in [0.2, 0.25) is 11.8 Å².